The van der Waals surface area contributed by atoms with Crippen molar-refractivity contribution in [3.05, 3.63) is 23.5 Å². The van der Waals surface area contributed by atoms with Gasteiger partial charge in [-0.25, -0.2) is 4.39 Å². The minimum Gasteiger partial charge on any atom is -0.496 e. The molecular formula is C29H40FN3O6. The first-order chi connectivity index (χ1) is 18.4. The van der Waals surface area contributed by atoms with Gasteiger partial charge in [-0.1, -0.05) is 0 Å². The molecule has 39 heavy (non-hydrogen) atoms. The molecule has 0 saturated heterocycles. The summed E-state index contributed by atoms with van der Waals surface area (Å²) < 4.78 is 26.3. The number of nitrogens with zero attached hydrogens (tertiary/aromatic N) is 1. The Morgan fingerprint density at radius 1 is 1.21 bits per heavy atom. The molecule has 3 saturated carbocycles. The lowest BCUT2D eigenvalue weighted by Crippen LogP contribution is -2.50. The number of nitrogens with one attached hydrogen (secondary N) is 2. The Balaban J connectivity index is 1.48. The van der Waals surface area contributed by atoms with E-state index in [-0.39, 0.29) is 53.9 Å². The Kier molecular flexibility index (Phi) is 8.43. The molecule has 1 unspecified atom stereocenters. The Labute approximate surface area is 229 Å². The average molecular weight is 546 g/mol. The highest BCUT2D eigenvalue weighted by Crippen LogP contribution is 2.49. The number of hydrogen-bond acceptors (Lipinski definition) is 7. The first-order valence-electron chi connectivity index (χ1n) is 13.8. The van der Waals surface area contributed by atoms with E-state index in [1.54, 1.807) is 20.8 Å². The number of amides is 1. The zero-order valence-electron chi connectivity index (χ0n) is 23.1. The molecule has 1 aromatic carbocycles. The van der Waals surface area contributed by atoms with E-state index in [4.69, 9.17) is 9.47 Å². The Bertz CT molecular complexity index is 1130. The maximum atomic E-state index is 14.9. The molecule has 0 radical (unpaired) electrons. The van der Waals surface area contributed by atoms with Gasteiger partial charge in [-0.2, -0.15) is 5.26 Å². The third-order valence-electron chi connectivity index (χ3n) is 9.00. The number of methoxy groups -OCH3 is 1. The summed E-state index contributed by atoms with van der Waals surface area (Å²) >= 11 is 0. The van der Waals surface area contributed by atoms with Gasteiger partial charge in [-0.15, -0.1) is 0 Å². The summed E-state index contributed by atoms with van der Waals surface area (Å²) in [6.07, 6.45) is 3.03. The normalized spacial score (nSPS) is 30.8. The monoisotopic (exact) mass is 545 g/mol. The predicted octanol–water partition coefficient (Wildman–Crippen LogP) is 3.91. The maximum absolute atomic E-state index is 14.9. The minimum absolute atomic E-state index is 0.0310. The molecule has 3 aliphatic rings. The van der Waals surface area contributed by atoms with Crippen molar-refractivity contribution in [2.24, 2.45) is 28.6 Å². The number of ether oxygens (including phenoxy) is 2. The van der Waals surface area contributed by atoms with Crippen LogP contribution in [0.4, 0.5) is 4.39 Å². The van der Waals surface area contributed by atoms with Crippen LogP contribution in [0.2, 0.25) is 0 Å². The smallest absolute Gasteiger partial charge is 0.309 e. The molecule has 9 nitrogen and oxygen atoms in total. The fourth-order valence-corrected chi connectivity index (χ4v) is 6.42. The van der Waals surface area contributed by atoms with Gasteiger partial charge in [-0.3, -0.25) is 14.9 Å². The van der Waals surface area contributed by atoms with Crippen molar-refractivity contribution >= 4 is 11.9 Å². The molecule has 1 aromatic rings. The Morgan fingerprint density at radius 3 is 2.49 bits per heavy atom. The van der Waals surface area contributed by atoms with Gasteiger partial charge in [0.25, 0.3) is 0 Å². The lowest BCUT2D eigenvalue weighted by molar-refractivity contribution is -0.150. The fourth-order valence-electron chi connectivity index (χ4n) is 6.42. The van der Waals surface area contributed by atoms with Crippen LogP contribution in [0.3, 0.4) is 0 Å². The number of rotatable bonds is 10. The number of nitriles is 1. The number of benzene rings is 1. The molecule has 3 aliphatic carbocycles. The van der Waals surface area contributed by atoms with Crippen molar-refractivity contribution in [3.63, 3.8) is 0 Å². The van der Waals surface area contributed by atoms with Crippen molar-refractivity contribution in [1.82, 2.24) is 10.6 Å². The predicted molar refractivity (Wildman–Crippen MR) is 140 cm³/mol. The van der Waals surface area contributed by atoms with Crippen LogP contribution in [0.5, 0.6) is 11.5 Å². The second kappa shape index (κ2) is 11.3. The lowest BCUT2D eigenvalue weighted by atomic mass is 9.75. The van der Waals surface area contributed by atoms with Crippen LogP contribution in [0.1, 0.15) is 77.5 Å². The number of carboxylic acids is 1. The number of aliphatic hydroxyl groups is 1. The Morgan fingerprint density at radius 2 is 1.87 bits per heavy atom. The second-order valence-corrected chi connectivity index (χ2v) is 12.4. The summed E-state index contributed by atoms with van der Waals surface area (Å²) in [4.78, 5) is 24.7. The Hall–Kier alpha value is -2.90. The number of aliphatic carboxylic acids is 1. The first kappa shape index (κ1) is 29.1. The van der Waals surface area contributed by atoms with E-state index in [1.807, 2.05) is 0 Å². The van der Waals surface area contributed by atoms with Gasteiger partial charge in [-0.05, 0) is 83.6 Å². The highest BCUT2D eigenvalue weighted by Gasteiger charge is 2.51. The highest BCUT2D eigenvalue weighted by molar-refractivity contribution is 5.80. The number of carbonyl (C=O) groups excluding carboxylic acids is 1. The molecule has 4 rings (SSSR count). The number of carbonyl (C=O) groups is 2. The fraction of sp³-hybridized carbons (Fsp3) is 0.690. The van der Waals surface area contributed by atoms with Crippen molar-refractivity contribution < 1.29 is 33.7 Å². The minimum atomic E-state index is -1.24. The van der Waals surface area contributed by atoms with E-state index in [2.05, 4.69) is 16.7 Å². The number of carboxylic acid groups (broad SMARTS) is 1. The van der Waals surface area contributed by atoms with Crippen molar-refractivity contribution in [2.75, 3.05) is 13.7 Å². The molecule has 0 aromatic heterocycles. The van der Waals surface area contributed by atoms with Gasteiger partial charge in [0.05, 0.1) is 36.0 Å². The summed E-state index contributed by atoms with van der Waals surface area (Å²) in [5, 5.41) is 36.2. The van der Waals surface area contributed by atoms with E-state index in [9.17, 15) is 29.5 Å². The molecule has 3 fully saturated rings. The van der Waals surface area contributed by atoms with Gasteiger partial charge >= 0.3 is 5.97 Å². The van der Waals surface area contributed by atoms with Crippen LogP contribution in [0.15, 0.2) is 12.1 Å². The maximum Gasteiger partial charge on any atom is 0.309 e. The van der Waals surface area contributed by atoms with Crippen LogP contribution in [-0.2, 0) is 9.59 Å². The summed E-state index contributed by atoms with van der Waals surface area (Å²) in [7, 11) is 1.39. The van der Waals surface area contributed by atoms with Gasteiger partial charge < -0.3 is 25.0 Å². The second-order valence-electron chi connectivity index (χ2n) is 12.4. The van der Waals surface area contributed by atoms with Crippen LogP contribution >= 0.6 is 0 Å². The van der Waals surface area contributed by atoms with Gasteiger partial charge in [0.1, 0.15) is 12.0 Å². The van der Waals surface area contributed by atoms with Gasteiger partial charge in [0, 0.05) is 24.2 Å². The quantitative estimate of drug-likeness (QED) is 0.325. The molecule has 0 spiro atoms. The summed E-state index contributed by atoms with van der Waals surface area (Å²) in [5.41, 5.74) is -1.19. The SMILES string of the molecule is COc1cc(F)c(OC2CCC(C)(C(=O)O)CC2)cc1C(O)N[C@@H]1[C@H]2CC[C@H](C2)[C@@H]1C(=O)NCC(C)(C)C#N. The summed E-state index contributed by atoms with van der Waals surface area (Å²) in [6.45, 7) is 5.50. The van der Waals surface area contributed by atoms with Crippen molar-refractivity contribution in [3.8, 4) is 17.6 Å². The van der Waals surface area contributed by atoms with E-state index >= 15 is 0 Å². The summed E-state index contributed by atoms with van der Waals surface area (Å²) in [6, 6.07) is 4.51. The molecule has 2 bridgehead atoms. The number of aliphatic hydroxyl groups excluding tert-OH is 1. The molecule has 5 atom stereocenters. The topological polar surface area (TPSA) is 141 Å². The molecular weight excluding hydrogens is 505 g/mol. The average Bonchev–Trinajstić information content (AvgIpc) is 3.51. The van der Waals surface area contributed by atoms with Crippen molar-refractivity contribution in [1.29, 1.82) is 5.26 Å². The van der Waals surface area contributed by atoms with Crippen molar-refractivity contribution in [2.45, 2.75) is 84.1 Å². The van der Waals surface area contributed by atoms with Crippen LogP contribution < -0.4 is 20.1 Å². The standard InChI is InChI=1S/C29H40FN3O6/c1-28(2,14-31)15-32-26(35)23-16-5-6-17(11-16)24(23)33-25(34)19-12-22(20(30)13-21(19)38-4)39-18-7-9-29(3,10-8-18)27(36)37/h12-13,16-18,23-25,33-34H,5-11,15H2,1-4H3,(H,32,35)(H,36,37)/t16-,17+,18?,23+,24-,25?,29?/m1/s1. The van der Waals surface area contributed by atoms with E-state index in [0.29, 0.717) is 31.2 Å². The highest BCUT2D eigenvalue weighted by atomic mass is 19.1. The molecule has 4 N–H and O–H groups in total. The first-order valence-corrected chi connectivity index (χ1v) is 13.8. The molecule has 10 heteroatoms. The van der Waals surface area contributed by atoms with Gasteiger partial charge in [0.15, 0.2) is 11.6 Å². The number of hydrogen-bond donors (Lipinski definition) is 4. The largest absolute Gasteiger partial charge is 0.496 e. The molecule has 214 valence electrons. The zero-order chi connectivity index (χ0) is 28.5. The summed E-state index contributed by atoms with van der Waals surface area (Å²) in [5.74, 6) is -1.41. The third-order valence-corrected chi connectivity index (χ3v) is 9.00. The van der Waals surface area contributed by atoms with Gasteiger partial charge in [0.2, 0.25) is 5.91 Å². The lowest BCUT2D eigenvalue weighted by Gasteiger charge is -2.34. The van der Waals surface area contributed by atoms with E-state index in [0.717, 1.165) is 19.3 Å². The molecule has 1 amide bonds. The van der Waals surface area contributed by atoms with Crippen LogP contribution in [0, 0.1) is 45.7 Å². The van der Waals surface area contributed by atoms with Crippen LogP contribution in [-0.4, -0.2) is 47.9 Å². The van der Waals surface area contributed by atoms with E-state index < -0.39 is 28.8 Å². The number of fused-ring (bicyclic) bond motifs is 2. The van der Waals surface area contributed by atoms with Crippen LogP contribution in [0.25, 0.3) is 0 Å². The number of halogens is 1. The van der Waals surface area contributed by atoms with E-state index in [1.165, 1.54) is 19.2 Å². The zero-order valence-corrected chi connectivity index (χ0v) is 23.1. The third kappa shape index (κ3) is 6.15. The molecule has 0 aliphatic heterocycles. The molecule has 0 heterocycles.